The van der Waals surface area contributed by atoms with Crippen LogP contribution in [0.5, 0.6) is 5.75 Å². The van der Waals surface area contributed by atoms with E-state index in [9.17, 15) is 14.9 Å². The number of alkyl carbamates (subject to hydrolysis) is 1. The van der Waals surface area contributed by atoms with Gasteiger partial charge in [0.2, 0.25) is 5.91 Å². The lowest BCUT2D eigenvalue weighted by molar-refractivity contribution is -0.133. The summed E-state index contributed by atoms with van der Waals surface area (Å²) in [6.07, 6.45) is 2.86. The number of aromatic amines is 1. The highest BCUT2D eigenvalue weighted by Crippen LogP contribution is 2.26. The maximum absolute atomic E-state index is 13.3. The van der Waals surface area contributed by atoms with Crippen LogP contribution in [0.4, 0.5) is 4.79 Å². The second-order valence-electron chi connectivity index (χ2n) is 8.68. The van der Waals surface area contributed by atoms with Gasteiger partial charge in [-0.25, -0.2) is 4.79 Å². The van der Waals surface area contributed by atoms with E-state index in [1.807, 2.05) is 31.3 Å². The number of aromatic nitrogens is 1. The highest BCUT2D eigenvalue weighted by atomic mass is 16.6. The summed E-state index contributed by atoms with van der Waals surface area (Å²) in [6, 6.07) is 6.61. The first-order valence-corrected chi connectivity index (χ1v) is 10.6. The van der Waals surface area contributed by atoms with Crippen molar-refractivity contribution in [1.29, 1.82) is 5.26 Å². The molecule has 8 nitrogen and oxygen atoms in total. The molecule has 2 atom stereocenters. The number of rotatable bonds is 6. The number of hydrogen-bond donors (Lipinski definition) is 2. The minimum Gasteiger partial charge on any atom is -0.494 e. The maximum Gasteiger partial charge on any atom is 0.408 e. The van der Waals surface area contributed by atoms with Gasteiger partial charge in [0.15, 0.2) is 0 Å². The third kappa shape index (κ3) is 5.48. The zero-order chi connectivity index (χ0) is 22.6. The maximum atomic E-state index is 13.3. The highest BCUT2D eigenvalue weighted by Gasteiger charge is 2.35. The van der Waals surface area contributed by atoms with Crippen LogP contribution in [0.1, 0.15) is 46.1 Å². The number of hydrogen-bond acceptors (Lipinski definition) is 5. The predicted molar refractivity (Wildman–Crippen MR) is 117 cm³/mol. The van der Waals surface area contributed by atoms with E-state index in [0.29, 0.717) is 19.6 Å². The van der Waals surface area contributed by atoms with E-state index in [1.54, 1.807) is 25.7 Å². The molecule has 1 saturated heterocycles. The molecule has 0 unspecified atom stereocenters. The second kappa shape index (κ2) is 9.29. The number of amides is 2. The summed E-state index contributed by atoms with van der Waals surface area (Å²) < 4.78 is 11.0. The fourth-order valence-electron chi connectivity index (χ4n) is 3.82. The molecule has 0 spiro atoms. The Morgan fingerprint density at radius 2 is 2.16 bits per heavy atom. The largest absolute Gasteiger partial charge is 0.494 e. The zero-order valence-corrected chi connectivity index (χ0v) is 18.5. The van der Waals surface area contributed by atoms with Crippen molar-refractivity contribution in [3.05, 3.63) is 30.0 Å². The van der Waals surface area contributed by atoms with E-state index in [2.05, 4.69) is 16.4 Å². The van der Waals surface area contributed by atoms with E-state index < -0.39 is 23.8 Å². The molecule has 2 N–H and O–H groups in total. The lowest BCUT2D eigenvalue weighted by atomic mass is 10.0. The first kappa shape index (κ1) is 22.5. The molecule has 0 aliphatic carbocycles. The van der Waals surface area contributed by atoms with Gasteiger partial charge in [-0.15, -0.1) is 0 Å². The fourth-order valence-corrected chi connectivity index (χ4v) is 3.82. The Morgan fingerprint density at radius 1 is 1.39 bits per heavy atom. The number of carbonyl (C=O) groups is 2. The average molecular weight is 427 g/mol. The van der Waals surface area contributed by atoms with Crippen LogP contribution in [0.15, 0.2) is 24.4 Å². The van der Waals surface area contributed by atoms with Gasteiger partial charge in [0.25, 0.3) is 0 Å². The quantitative estimate of drug-likeness (QED) is 0.735. The monoisotopic (exact) mass is 426 g/mol. The standard InChI is InChI=1S/C23H30N4O4/c1-5-30-17-8-9-19-18(12-17)15(14-25-19)11-20(26-22(29)31-23(2,3)4)21(28)27-10-6-7-16(27)13-24/h8-9,12,14,16,20,25H,5-7,10-11H2,1-4H3,(H,26,29)/t16-,20-/m0/s1. The Labute approximate surface area is 182 Å². The average Bonchev–Trinajstić information content (AvgIpc) is 3.32. The van der Waals surface area contributed by atoms with Crippen molar-refractivity contribution in [1.82, 2.24) is 15.2 Å². The SMILES string of the molecule is CCOc1ccc2[nH]cc(C[C@H](NC(=O)OC(C)(C)C)C(=O)N3CCC[C@H]3C#N)c2c1. The summed E-state index contributed by atoms with van der Waals surface area (Å²) >= 11 is 0. The van der Waals surface area contributed by atoms with E-state index in [0.717, 1.165) is 28.6 Å². The predicted octanol–water partition coefficient (Wildman–Crippen LogP) is 3.52. The van der Waals surface area contributed by atoms with Crippen LogP contribution < -0.4 is 10.1 Å². The molecule has 2 aromatic rings. The summed E-state index contributed by atoms with van der Waals surface area (Å²) in [6.45, 7) is 8.28. The van der Waals surface area contributed by atoms with Gasteiger partial charge < -0.3 is 24.7 Å². The summed E-state index contributed by atoms with van der Waals surface area (Å²) in [5, 5.41) is 13.1. The minimum atomic E-state index is -0.849. The lowest BCUT2D eigenvalue weighted by Gasteiger charge is -2.27. The van der Waals surface area contributed by atoms with Gasteiger partial charge in [0.1, 0.15) is 23.4 Å². The third-order valence-corrected chi connectivity index (χ3v) is 5.15. The molecule has 31 heavy (non-hydrogen) atoms. The number of H-pyrrole nitrogens is 1. The number of nitrogens with zero attached hydrogens (tertiary/aromatic N) is 2. The molecule has 2 amide bonds. The molecule has 3 rings (SSSR count). The molecule has 1 aromatic carbocycles. The zero-order valence-electron chi connectivity index (χ0n) is 18.5. The van der Waals surface area contributed by atoms with Gasteiger partial charge >= 0.3 is 6.09 Å². The van der Waals surface area contributed by atoms with Crippen LogP contribution in [0, 0.1) is 11.3 Å². The number of nitrogens with one attached hydrogen (secondary N) is 2. The van der Waals surface area contributed by atoms with Crippen LogP contribution in [0.25, 0.3) is 10.9 Å². The Hall–Kier alpha value is -3.21. The molecule has 1 aliphatic rings. The van der Waals surface area contributed by atoms with Crippen molar-refractivity contribution in [2.75, 3.05) is 13.2 Å². The Morgan fingerprint density at radius 3 is 2.84 bits per heavy atom. The molecule has 0 radical (unpaired) electrons. The van der Waals surface area contributed by atoms with Gasteiger partial charge in [-0.2, -0.15) is 5.26 Å². The smallest absolute Gasteiger partial charge is 0.408 e. The van der Waals surface area contributed by atoms with Crippen molar-refractivity contribution in [2.45, 2.75) is 64.6 Å². The summed E-state index contributed by atoms with van der Waals surface area (Å²) in [4.78, 5) is 30.6. The fraction of sp³-hybridized carbons (Fsp3) is 0.522. The Bertz CT molecular complexity index is 986. The van der Waals surface area contributed by atoms with E-state index >= 15 is 0 Å². The summed E-state index contributed by atoms with van der Waals surface area (Å²) in [7, 11) is 0. The van der Waals surface area contributed by atoms with Gasteiger partial charge in [-0.1, -0.05) is 0 Å². The molecule has 0 saturated carbocycles. The highest BCUT2D eigenvalue weighted by molar-refractivity contribution is 5.89. The van der Waals surface area contributed by atoms with E-state index in [1.165, 1.54) is 0 Å². The van der Waals surface area contributed by atoms with Gasteiger partial charge in [-0.3, -0.25) is 4.79 Å². The van der Waals surface area contributed by atoms with Crippen molar-refractivity contribution in [2.24, 2.45) is 0 Å². The normalized spacial score (nSPS) is 17.3. The van der Waals surface area contributed by atoms with Crippen molar-refractivity contribution in [3.63, 3.8) is 0 Å². The molecular weight excluding hydrogens is 396 g/mol. The molecule has 1 fully saturated rings. The number of carbonyl (C=O) groups excluding carboxylic acids is 2. The van der Waals surface area contributed by atoms with Crippen LogP contribution in [-0.4, -0.2) is 52.7 Å². The third-order valence-electron chi connectivity index (χ3n) is 5.15. The minimum absolute atomic E-state index is 0.266. The van der Waals surface area contributed by atoms with Crippen LogP contribution >= 0.6 is 0 Å². The molecule has 1 aromatic heterocycles. The van der Waals surface area contributed by atoms with Crippen molar-refractivity contribution >= 4 is 22.9 Å². The Kier molecular flexibility index (Phi) is 6.74. The summed E-state index contributed by atoms with van der Waals surface area (Å²) in [5.41, 5.74) is 1.10. The van der Waals surface area contributed by atoms with Crippen LogP contribution in [-0.2, 0) is 16.0 Å². The van der Waals surface area contributed by atoms with Crippen LogP contribution in [0.2, 0.25) is 0 Å². The second-order valence-corrected chi connectivity index (χ2v) is 8.68. The first-order chi connectivity index (χ1) is 14.7. The number of fused-ring (bicyclic) bond motifs is 1. The molecule has 0 bridgehead atoms. The number of nitriles is 1. The van der Waals surface area contributed by atoms with Crippen molar-refractivity contribution < 1.29 is 19.1 Å². The molecular formula is C23H30N4O4. The van der Waals surface area contributed by atoms with Gasteiger partial charge in [0, 0.05) is 30.1 Å². The number of ether oxygens (including phenoxy) is 2. The van der Waals surface area contributed by atoms with Gasteiger partial charge in [0.05, 0.1) is 12.7 Å². The molecule has 1 aliphatic heterocycles. The van der Waals surface area contributed by atoms with Crippen LogP contribution in [0.3, 0.4) is 0 Å². The molecule has 166 valence electrons. The Balaban J connectivity index is 1.88. The number of likely N-dealkylation sites (tertiary alicyclic amines) is 1. The lowest BCUT2D eigenvalue weighted by Crippen LogP contribution is -2.51. The van der Waals surface area contributed by atoms with E-state index in [4.69, 9.17) is 9.47 Å². The van der Waals surface area contributed by atoms with E-state index in [-0.39, 0.29) is 12.3 Å². The first-order valence-electron chi connectivity index (χ1n) is 10.6. The number of benzene rings is 1. The molecule has 8 heteroatoms. The van der Waals surface area contributed by atoms with Crippen molar-refractivity contribution in [3.8, 4) is 11.8 Å². The van der Waals surface area contributed by atoms with Gasteiger partial charge in [-0.05, 0) is 64.3 Å². The summed E-state index contributed by atoms with van der Waals surface area (Å²) in [5.74, 6) is 0.466. The molecule has 2 heterocycles. The topological polar surface area (TPSA) is 107 Å².